The van der Waals surface area contributed by atoms with E-state index in [9.17, 15) is 15.0 Å². The fourth-order valence-corrected chi connectivity index (χ4v) is 3.21. The van der Waals surface area contributed by atoms with Crippen LogP contribution in [0.4, 0.5) is 5.82 Å². The average Bonchev–Trinajstić information content (AvgIpc) is 3.16. The number of carbonyl (C=O) groups is 1. The molecule has 3 aromatic rings. The van der Waals surface area contributed by atoms with Gasteiger partial charge in [-0.3, -0.25) is 9.78 Å². The molecular weight excluding hydrogens is 429 g/mol. The average molecular weight is 450 g/mol. The molecule has 0 radical (unpaired) electrons. The normalized spacial score (nSPS) is 12.5. The summed E-state index contributed by atoms with van der Waals surface area (Å²) in [5.74, 6) is 0.0168. The van der Waals surface area contributed by atoms with Gasteiger partial charge in [-0.25, -0.2) is 4.98 Å². The number of aliphatic hydroxyl groups is 2. The Bertz CT molecular complexity index is 1050. The molecule has 0 aliphatic heterocycles. The lowest BCUT2D eigenvalue weighted by Gasteiger charge is -2.20. The van der Waals surface area contributed by atoms with Gasteiger partial charge in [-0.2, -0.15) is 0 Å². The second kappa shape index (κ2) is 9.01. The number of aromatic amines is 1. The standard InChI is InChI=1S/C20H21Cl2N5O3/c1-20(2,30)27-18-5-14(15(22)9-25-18)11-4-16(24-7-11)19(29)26-17(10-28)12-3-13(21)8-23-6-12/h3-9,17,24,28,30H,10H2,1-2H3,(H,25,27)(H,26,29)/t17-/m1/s1. The number of carbonyl (C=O) groups excluding carboxylic acids is 1. The molecule has 10 heteroatoms. The third-order valence-electron chi connectivity index (χ3n) is 4.14. The molecular formula is C20H21Cl2N5O3. The van der Waals surface area contributed by atoms with E-state index in [-0.39, 0.29) is 12.3 Å². The van der Waals surface area contributed by atoms with Gasteiger partial charge < -0.3 is 25.8 Å². The number of aromatic nitrogens is 3. The lowest BCUT2D eigenvalue weighted by Crippen LogP contribution is -2.31. The molecule has 0 fully saturated rings. The summed E-state index contributed by atoms with van der Waals surface area (Å²) in [4.78, 5) is 23.7. The number of pyridine rings is 2. The van der Waals surface area contributed by atoms with E-state index < -0.39 is 17.7 Å². The van der Waals surface area contributed by atoms with Gasteiger partial charge in [0.15, 0.2) is 0 Å². The molecule has 30 heavy (non-hydrogen) atoms. The maximum atomic E-state index is 12.7. The second-order valence-electron chi connectivity index (χ2n) is 7.18. The summed E-state index contributed by atoms with van der Waals surface area (Å²) < 4.78 is 0. The topological polar surface area (TPSA) is 123 Å². The number of rotatable bonds is 7. The number of hydrogen-bond donors (Lipinski definition) is 5. The minimum atomic E-state index is -1.16. The number of amides is 1. The van der Waals surface area contributed by atoms with Gasteiger partial charge in [0.1, 0.15) is 17.2 Å². The molecule has 3 heterocycles. The zero-order chi connectivity index (χ0) is 21.9. The highest BCUT2D eigenvalue weighted by Gasteiger charge is 2.19. The predicted octanol–water partition coefficient (Wildman–Crippen LogP) is 3.38. The van der Waals surface area contributed by atoms with E-state index in [2.05, 4.69) is 25.6 Å². The zero-order valence-corrected chi connectivity index (χ0v) is 17.8. The van der Waals surface area contributed by atoms with Crippen LogP contribution >= 0.6 is 23.2 Å². The highest BCUT2D eigenvalue weighted by atomic mass is 35.5. The van der Waals surface area contributed by atoms with Crippen LogP contribution in [0.25, 0.3) is 11.1 Å². The molecule has 8 nitrogen and oxygen atoms in total. The first-order valence-corrected chi connectivity index (χ1v) is 9.79. The van der Waals surface area contributed by atoms with Crippen molar-refractivity contribution in [1.82, 2.24) is 20.3 Å². The fraction of sp³-hybridized carbons (Fsp3) is 0.250. The van der Waals surface area contributed by atoms with E-state index in [1.807, 2.05) is 0 Å². The number of aliphatic hydroxyl groups excluding tert-OH is 1. The Morgan fingerprint density at radius 1 is 1.23 bits per heavy atom. The van der Waals surface area contributed by atoms with Crippen LogP contribution in [-0.2, 0) is 0 Å². The number of hydrogen-bond acceptors (Lipinski definition) is 6. The molecule has 158 valence electrons. The van der Waals surface area contributed by atoms with Crippen LogP contribution in [0, 0.1) is 0 Å². The Hall–Kier alpha value is -2.65. The number of nitrogens with one attached hydrogen (secondary N) is 3. The monoisotopic (exact) mass is 449 g/mol. The summed E-state index contributed by atoms with van der Waals surface area (Å²) in [7, 11) is 0. The maximum Gasteiger partial charge on any atom is 0.268 e. The summed E-state index contributed by atoms with van der Waals surface area (Å²) in [5.41, 5.74) is 1.01. The predicted molar refractivity (Wildman–Crippen MR) is 115 cm³/mol. The van der Waals surface area contributed by atoms with Crippen LogP contribution in [0.2, 0.25) is 10.0 Å². The van der Waals surface area contributed by atoms with E-state index in [1.54, 1.807) is 38.2 Å². The summed E-state index contributed by atoms with van der Waals surface area (Å²) in [6.07, 6.45) is 6.10. The van der Waals surface area contributed by atoms with Crippen molar-refractivity contribution < 1.29 is 15.0 Å². The minimum Gasteiger partial charge on any atom is -0.394 e. The fourth-order valence-electron chi connectivity index (χ4n) is 2.81. The first kappa shape index (κ1) is 22.0. The molecule has 0 saturated carbocycles. The van der Waals surface area contributed by atoms with Gasteiger partial charge in [0, 0.05) is 35.9 Å². The van der Waals surface area contributed by atoms with Crippen LogP contribution in [0.3, 0.4) is 0 Å². The van der Waals surface area contributed by atoms with Crippen LogP contribution in [0.15, 0.2) is 43.0 Å². The number of halogens is 2. The first-order chi connectivity index (χ1) is 14.2. The molecule has 3 aromatic heterocycles. The van der Waals surface area contributed by atoms with Crippen LogP contribution in [0.1, 0.15) is 35.9 Å². The Labute approximate surface area is 183 Å². The van der Waals surface area contributed by atoms with E-state index in [4.69, 9.17) is 23.2 Å². The SMILES string of the molecule is CC(C)(O)Nc1cc(-c2c[nH]c(C(=O)N[C@H](CO)c3cncc(Cl)c3)c2)c(Cl)cn1. The van der Waals surface area contributed by atoms with Crippen LogP contribution in [-0.4, -0.2) is 43.4 Å². The highest BCUT2D eigenvalue weighted by Crippen LogP contribution is 2.30. The molecule has 0 aliphatic rings. The number of nitrogens with zero attached hydrogens (tertiary/aromatic N) is 2. The van der Waals surface area contributed by atoms with Gasteiger partial charge in [-0.05, 0) is 37.6 Å². The molecule has 0 spiro atoms. The highest BCUT2D eigenvalue weighted by molar-refractivity contribution is 6.33. The molecule has 0 aromatic carbocycles. The summed E-state index contributed by atoms with van der Waals surface area (Å²) in [6, 6.07) is 4.28. The molecule has 1 amide bonds. The minimum absolute atomic E-state index is 0.281. The van der Waals surface area contributed by atoms with Gasteiger partial charge in [0.2, 0.25) is 0 Å². The first-order valence-electron chi connectivity index (χ1n) is 9.03. The van der Waals surface area contributed by atoms with E-state index in [1.165, 1.54) is 18.6 Å². The third-order valence-corrected chi connectivity index (χ3v) is 4.65. The largest absolute Gasteiger partial charge is 0.394 e. The Balaban J connectivity index is 1.80. The molecule has 0 aliphatic carbocycles. The zero-order valence-electron chi connectivity index (χ0n) is 16.3. The van der Waals surface area contributed by atoms with Crippen molar-refractivity contribution >= 4 is 34.9 Å². The lowest BCUT2D eigenvalue weighted by atomic mass is 10.1. The van der Waals surface area contributed by atoms with Gasteiger partial charge in [0.25, 0.3) is 5.91 Å². The molecule has 0 saturated heterocycles. The summed E-state index contributed by atoms with van der Waals surface area (Å²) >= 11 is 12.2. The number of H-pyrrole nitrogens is 1. The molecule has 5 N–H and O–H groups in total. The van der Waals surface area contributed by atoms with Gasteiger partial charge in [0.05, 0.1) is 22.7 Å². The van der Waals surface area contributed by atoms with E-state index >= 15 is 0 Å². The van der Waals surface area contributed by atoms with Gasteiger partial charge in [-0.1, -0.05) is 23.2 Å². The lowest BCUT2D eigenvalue weighted by molar-refractivity contribution is 0.0911. The quantitative estimate of drug-likeness (QED) is 0.352. The molecule has 3 rings (SSSR count). The Morgan fingerprint density at radius 2 is 2.00 bits per heavy atom. The van der Waals surface area contributed by atoms with Crippen LogP contribution in [0.5, 0.6) is 0 Å². The van der Waals surface area contributed by atoms with Gasteiger partial charge in [-0.15, -0.1) is 0 Å². The molecule has 1 atom stereocenters. The second-order valence-corrected chi connectivity index (χ2v) is 8.02. The molecule has 0 unspecified atom stereocenters. The van der Waals surface area contributed by atoms with Crippen LogP contribution < -0.4 is 10.6 Å². The third kappa shape index (κ3) is 5.48. The van der Waals surface area contributed by atoms with Gasteiger partial charge >= 0.3 is 0 Å². The van der Waals surface area contributed by atoms with Crippen molar-refractivity contribution in [3.05, 3.63) is 64.3 Å². The summed E-state index contributed by atoms with van der Waals surface area (Å²) in [5, 5.41) is 26.0. The summed E-state index contributed by atoms with van der Waals surface area (Å²) in [6.45, 7) is 2.87. The van der Waals surface area contributed by atoms with Crippen molar-refractivity contribution in [2.24, 2.45) is 0 Å². The Kier molecular flexibility index (Phi) is 6.62. The van der Waals surface area contributed by atoms with E-state index in [0.29, 0.717) is 32.6 Å². The van der Waals surface area contributed by atoms with Crippen molar-refractivity contribution in [2.75, 3.05) is 11.9 Å². The smallest absolute Gasteiger partial charge is 0.268 e. The van der Waals surface area contributed by atoms with Crippen molar-refractivity contribution in [1.29, 1.82) is 0 Å². The Morgan fingerprint density at radius 3 is 2.67 bits per heavy atom. The maximum absolute atomic E-state index is 12.7. The number of anilines is 1. The van der Waals surface area contributed by atoms with Crippen molar-refractivity contribution in [2.45, 2.75) is 25.6 Å². The van der Waals surface area contributed by atoms with Crippen molar-refractivity contribution in [3.63, 3.8) is 0 Å². The van der Waals surface area contributed by atoms with E-state index in [0.717, 1.165) is 0 Å². The van der Waals surface area contributed by atoms with Crippen molar-refractivity contribution in [3.8, 4) is 11.1 Å². The molecule has 0 bridgehead atoms.